The van der Waals surface area contributed by atoms with Crippen LogP contribution < -0.4 is 0 Å². The maximum Gasteiger partial charge on any atom is 0.0110 e. The van der Waals surface area contributed by atoms with Gasteiger partial charge in [-0.2, -0.15) is 0 Å². The fourth-order valence-corrected chi connectivity index (χ4v) is 1.83. The molecule has 1 aliphatic heterocycles. The van der Waals surface area contributed by atoms with Gasteiger partial charge in [0.15, 0.2) is 0 Å². The maximum atomic E-state index is 3.22. The van der Waals surface area contributed by atoms with Crippen LogP contribution in [-0.4, -0.2) is 49.6 Å². The van der Waals surface area contributed by atoms with Gasteiger partial charge in [-0.25, -0.2) is 0 Å². The number of likely N-dealkylation sites (N-methyl/N-ethyl adjacent to an activating group) is 1. The molecule has 0 spiro atoms. The molecule has 0 N–H and O–H groups in total. The highest BCUT2D eigenvalue weighted by Gasteiger charge is 2.12. The molecule has 0 bridgehead atoms. The van der Waals surface area contributed by atoms with E-state index in [2.05, 4.69) is 47.1 Å². The van der Waals surface area contributed by atoms with Crippen LogP contribution in [0.25, 0.3) is 0 Å². The van der Waals surface area contributed by atoms with E-state index in [1.165, 1.54) is 58.4 Å². The summed E-state index contributed by atoms with van der Waals surface area (Å²) in [7, 11) is 2.22. The average Bonchev–Trinajstić information content (AvgIpc) is 2.30. The normalized spacial score (nSPS) is 18.4. The minimum Gasteiger partial charge on any atom is -0.304 e. The SMILES string of the molecule is CCCCCCN1CCN(C)CC1.SS. The Morgan fingerprint density at radius 1 is 0.933 bits per heavy atom. The summed E-state index contributed by atoms with van der Waals surface area (Å²) < 4.78 is 0. The van der Waals surface area contributed by atoms with Crippen LogP contribution >= 0.6 is 23.3 Å². The maximum absolute atomic E-state index is 3.22. The molecule has 92 valence electrons. The number of nitrogens with zero attached hydrogens (tertiary/aromatic N) is 2. The third-order valence-electron chi connectivity index (χ3n) is 2.92. The van der Waals surface area contributed by atoms with Crippen LogP contribution in [0.4, 0.5) is 0 Å². The van der Waals surface area contributed by atoms with E-state index in [9.17, 15) is 0 Å². The number of unbranched alkanes of at least 4 members (excludes halogenated alkanes) is 3. The van der Waals surface area contributed by atoms with Crippen molar-refractivity contribution in [1.29, 1.82) is 0 Å². The first-order chi connectivity index (χ1) is 7.33. The van der Waals surface area contributed by atoms with E-state index in [0.717, 1.165) is 0 Å². The third-order valence-corrected chi connectivity index (χ3v) is 2.92. The van der Waals surface area contributed by atoms with E-state index < -0.39 is 0 Å². The third kappa shape index (κ3) is 8.43. The summed E-state index contributed by atoms with van der Waals surface area (Å²) in [5.41, 5.74) is 0. The van der Waals surface area contributed by atoms with Crippen LogP contribution in [0, 0.1) is 0 Å². The Bertz CT molecular complexity index is 126. The minimum atomic E-state index is 1.26. The molecule has 15 heavy (non-hydrogen) atoms. The van der Waals surface area contributed by atoms with Crippen molar-refractivity contribution in [3.63, 3.8) is 0 Å². The smallest absolute Gasteiger partial charge is 0.0110 e. The number of piperazine rings is 1. The Kier molecular flexibility index (Phi) is 11.6. The molecule has 1 fully saturated rings. The van der Waals surface area contributed by atoms with Crippen molar-refractivity contribution in [2.45, 2.75) is 32.6 Å². The number of rotatable bonds is 5. The van der Waals surface area contributed by atoms with Crippen molar-refractivity contribution in [1.82, 2.24) is 9.80 Å². The molecule has 0 aromatic heterocycles. The number of hydrogen-bond donors (Lipinski definition) is 2. The molecule has 1 aliphatic rings. The molecule has 0 aromatic carbocycles. The number of thiol groups is 2. The average molecular weight is 250 g/mol. The molecule has 0 aromatic rings. The fraction of sp³-hybridized carbons (Fsp3) is 1.00. The van der Waals surface area contributed by atoms with Gasteiger partial charge in [-0.1, -0.05) is 26.2 Å². The molecule has 0 aliphatic carbocycles. The summed E-state index contributed by atoms with van der Waals surface area (Å²) in [6.07, 6.45) is 5.58. The summed E-state index contributed by atoms with van der Waals surface area (Å²) >= 11 is 6.44. The Balaban J connectivity index is 0.000000921. The van der Waals surface area contributed by atoms with E-state index in [4.69, 9.17) is 0 Å². The van der Waals surface area contributed by atoms with Gasteiger partial charge in [-0.05, 0) is 20.0 Å². The minimum absolute atomic E-state index is 1.26. The number of hydrogen-bond acceptors (Lipinski definition) is 4. The Hall–Kier alpha value is 0.620. The molecule has 0 amide bonds. The van der Waals surface area contributed by atoms with Crippen LogP contribution in [0.5, 0.6) is 0 Å². The Morgan fingerprint density at radius 3 is 2.07 bits per heavy atom. The van der Waals surface area contributed by atoms with Crippen molar-refractivity contribution in [2.24, 2.45) is 0 Å². The quantitative estimate of drug-likeness (QED) is 0.440. The van der Waals surface area contributed by atoms with Crippen molar-refractivity contribution >= 4 is 23.3 Å². The molecular formula is C11H26N2S2. The van der Waals surface area contributed by atoms with Gasteiger partial charge in [0.05, 0.1) is 0 Å². The standard InChI is InChI=1S/C11H24N2.H2S2/c1-3-4-5-6-7-13-10-8-12(2)9-11-13;1-2/h3-11H2,1-2H3;1-2H. The van der Waals surface area contributed by atoms with E-state index in [-0.39, 0.29) is 0 Å². The monoisotopic (exact) mass is 250 g/mol. The van der Waals surface area contributed by atoms with Gasteiger partial charge < -0.3 is 9.80 Å². The van der Waals surface area contributed by atoms with Crippen LogP contribution in [0.2, 0.25) is 0 Å². The van der Waals surface area contributed by atoms with E-state index in [1.54, 1.807) is 0 Å². The van der Waals surface area contributed by atoms with Gasteiger partial charge in [-0.3, -0.25) is 0 Å². The Morgan fingerprint density at radius 2 is 1.53 bits per heavy atom. The van der Waals surface area contributed by atoms with Gasteiger partial charge in [0.1, 0.15) is 0 Å². The molecule has 4 heteroatoms. The molecule has 0 radical (unpaired) electrons. The summed E-state index contributed by atoms with van der Waals surface area (Å²) in [5, 5.41) is 0. The topological polar surface area (TPSA) is 6.48 Å². The Labute approximate surface area is 106 Å². The van der Waals surface area contributed by atoms with Crippen LogP contribution in [0.15, 0.2) is 0 Å². The predicted molar refractivity (Wildman–Crippen MR) is 76.1 cm³/mol. The molecule has 0 unspecified atom stereocenters. The fourth-order valence-electron chi connectivity index (χ4n) is 1.83. The van der Waals surface area contributed by atoms with Crippen molar-refractivity contribution in [2.75, 3.05) is 39.8 Å². The highest BCUT2D eigenvalue weighted by molar-refractivity contribution is 8.59. The largest absolute Gasteiger partial charge is 0.304 e. The first kappa shape index (κ1) is 15.6. The molecule has 0 saturated carbocycles. The first-order valence-corrected chi connectivity index (χ1v) is 7.54. The second kappa shape index (κ2) is 11.1. The van der Waals surface area contributed by atoms with Crippen LogP contribution in [0.1, 0.15) is 32.6 Å². The summed E-state index contributed by atoms with van der Waals surface area (Å²) in [6, 6.07) is 0. The highest BCUT2D eigenvalue weighted by Crippen LogP contribution is 2.04. The highest BCUT2D eigenvalue weighted by atomic mass is 33.1. The van der Waals surface area contributed by atoms with Crippen molar-refractivity contribution in [3.05, 3.63) is 0 Å². The second-order valence-electron chi connectivity index (χ2n) is 4.21. The zero-order chi connectivity index (χ0) is 11.5. The predicted octanol–water partition coefficient (Wildman–Crippen LogP) is 2.58. The van der Waals surface area contributed by atoms with E-state index >= 15 is 0 Å². The van der Waals surface area contributed by atoms with E-state index in [1.807, 2.05) is 0 Å². The second-order valence-corrected chi connectivity index (χ2v) is 4.21. The van der Waals surface area contributed by atoms with Crippen molar-refractivity contribution < 1.29 is 0 Å². The van der Waals surface area contributed by atoms with Gasteiger partial charge in [0.2, 0.25) is 0 Å². The molecule has 1 saturated heterocycles. The molecule has 2 nitrogen and oxygen atoms in total. The lowest BCUT2D eigenvalue weighted by molar-refractivity contribution is 0.152. The van der Waals surface area contributed by atoms with Gasteiger partial charge in [0.25, 0.3) is 0 Å². The van der Waals surface area contributed by atoms with Crippen molar-refractivity contribution in [3.8, 4) is 0 Å². The molecule has 1 heterocycles. The molecule has 1 rings (SSSR count). The zero-order valence-corrected chi connectivity index (χ0v) is 11.9. The summed E-state index contributed by atoms with van der Waals surface area (Å²) in [5.74, 6) is 0. The summed E-state index contributed by atoms with van der Waals surface area (Å²) in [4.78, 5) is 5.03. The molecule has 0 atom stereocenters. The lowest BCUT2D eigenvalue weighted by atomic mass is 10.2. The van der Waals surface area contributed by atoms with Gasteiger partial charge in [-0.15, -0.1) is 23.3 Å². The van der Waals surface area contributed by atoms with Crippen LogP contribution in [0.3, 0.4) is 0 Å². The van der Waals surface area contributed by atoms with Gasteiger partial charge >= 0.3 is 0 Å². The lowest BCUT2D eigenvalue weighted by Crippen LogP contribution is -2.44. The lowest BCUT2D eigenvalue weighted by Gasteiger charge is -2.32. The van der Waals surface area contributed by atoms with Gasteiger partial charge in [0, 0.05) is 26.2 Å². The van der Waals surface area contributed by atoms with Crippen LogP contribution in [-0.2, 0) is 0 Å². The summed E-state index contributed by atoms with van der Waals surface area (Å²) in [6.45, 7) is 8.68. The zero-order valence-electron chi connectivity index (χ0n) is 10.2. The van der Waals surface area contributed by atoms with E-state index in [0.29, 0.717) is 0 Å². The first-order valence-electron chi connectivity index (χ1n) is 5.94. The molecular weight excluding hydrogens is 224 g/mol.